The molecule has 0 bridgehead atoms. The fourth-order valence-corrected chi connectivity index (χ4v) is 1.36. The molecule has 0 spiro atoms. The maximum Gasteiger partial charge on any atom is 0.162 e. The number of hydrogen-bond donors (Lipinski definition) is 1. The molecule has 0 saturated heterocycles. The minimum atomic E-state index is -0.0200. The van der Waals surface area contributed by atoms with Gasteiger partial charge in [-0.1, -0.05) is 18.2 Å². The fraction of sp³-hybridized carbons (Fsp3) is 0.273. The van der Waals surface area contributed by atoms with Gasteiger partial charge in [-0.25, -0.2) is 0 Å². The van der Waals surface area contributed by atoms with Gasteiger partial charge in [-0.3, -0.25) is 0 Å². The number of para-hydroxylation sites is 2. The molecule has 3 nitrogen and oxygen atoms in total. The first-order valence-corrected chi connectivity index (χ1v) is 4.65. The molecule has 0 radical (unpaired) electrons. The third-order valence-corrected chi connectivity index (χ3v) is 2.02. The van der Waals surface area contributed by atoms with Gasteiger partial charge in [0.2, 0.25) is 0 Å². The van der Waals surface area contributed by atoms with E-state index in [0.29, 0.717) is 13.2 Å². The van der Waals surface area contributed by atoms with Crippen molar-refractivity contribution in [2.24, 2.45) is 5.73 Å². The largest absolute Gasteiger partial charge is 0.485 e. The van der Waals surface area contributed by atoms with Gasteiger partial charge in [0, 0.05) is 6.54 Å². The second kappa shape index (κ2) is 4.15. The Morgan fingerprint density at radius 3 is 2.93 bits per heavy atom. The van der Waals surface area contributed by atoms with Gasteiger partial charge in [-0.2, -0.15) is 0 Å². The van der Waals surface area contributed by atoms with E-state index in [1.807, 2.05) is 36.4 Å². The Bertz CT molecular complexity index is 336. The van der Waals surface area contributed by atoms with Gasteiger partial charge in [0.1, 0.15) is 6.61 Å². The molecular formula is C11H13NO2. The lowest BCUT2D eigenvalue weighted by atomic mass is 10.2. The third kappa shape index (κ3) is 1.88. The summed E-state index contributed by atoms with van der Waals surface area (Å²) in [4.78, 5) is 0. The molecule has 2 rings (SSSR count). The Morgan fingerprint density at radius 2 is 2.14 bits per heavy atom. The van der Waals surface area contributed by atoms with E-state index in [4.69, 9.17) is 15.2 Å². The maximum atomic E-state index is 5.67. The van der Waals surface area contributed by atoms with E-state index >= 15 is 0 Å². The molecular weight excluding hydrogens is 178 g/mol. The van der Waals surface area contributed by atoms with Crippen molar-refractivity contribution in [3.63, 3.8) is 0 Å². The van der Waals surface area contributed by atoms with E-state index in [1.54, 1.807) is 0 Å². The molecule has 2 N–H and O–H groups in total. The van der Waals surface area contributed by atoms with Gasteiger partial charge >= 0.3 is 0 Å². The Morgan fingerprint density at radius 1 is 1.36 bits per heavy atom. The van der Waals surface area contributed by atoms with Crippen molar-refractivity contribution in [1.29, 1.82) is 0 Å². The van der Waals surface area contributed by atoms with Crippen molar-refractivity contribution >= 4 is 0 Å². The van der Waals surface area contributed by atoms with Gasteiger partial charge in [-0.05, 0) is 18.2 Å². The van der Waals surface area contributed by atoms with Crippen LogP contribution in [0.3, 0.4) is 0 Å². The number of benzene rings is 1. The van der Waals surface area contributed by atoms with Crippen molar-refractivity contribution in [3.8, 4) is 11.5 Å². The maximum absolute atomic E-state index is 5.67. The predicted octanol–water partition coefficient (Wildman–Crippen LogP) is 1.34. The number of ether oxygens (including phenoxy) is 2. The zero-order valence-corrected chi connectivity index (χ0v) is 7.85. The zero-order valence-electron chi connectivity index (χ0n) is 7.85. The standard InChI is InChI=1S/C11H13NO2/c12-7-3-4-9-8-13-10-5-1-2-6-11(10)14-9/h1-6,9H,7-8,12H2/b4-3+. The highest BCUT2D eigenvalue weighted by Gasteiger charge is 2.17. The lowest BCUT2D eigenvalue weighted by molar-refractivity contribution is 0.123. The quantitative estimate of drug-likeness (QED) is 0.717. The normalized spacial score (nSPS) is 19.9. The summed E-state index contributed by atoms with van der Waals surface area (Å²) in [6.45, 7) is 1.08. The van der Waals surface area contributed by atoms with Crippen LogP contribution in [0.1, 0.15) is 0 Å². The van der Waals surface area contributed by atoms with Crippen LogP contribution in [0.2, 0.25) is 0 Å². The summed E-state index contributed by atoms with van der Waals surface area (Å²) in [5.41, 5.74) is 5.36. The molecule has 1 aliphatic rings. The summed E-state index contributed by atoms with van der Waals surface area (Å²) in [6.07, 6.45) is 3.78. The third-order valence-electron chi connectivity index (χ3n) is 2.02. The molecule has 1 aliphatic heterocycles. The number of fused-ring (bicyclic) bond motifs is 1. The van der Waals surface area contributed by atoms with E-state index in [2.05, 4.69) is 0 Å². The van der Waals surface area contributed by atoms with Crippen LogP contribution in [0.25, 0.3) is 0 Å². The highest BCUT2D eigenvalue weighted by atomic mass is 16.6. The molecule has 3 heteroatoms. The highest BCUT2D eigenvalue weighted by molar-refractivity contribution is 5.41. The van der Waals surface area contributed by atoms with Gasteiger partial charge in [0.15, 0.2) is 17.6 Å². The summed E-state index contributed by atoms with van der Waals surface area (Å²) in [5.74, 6) is 1.61. The molecule has 1 heterocycles. The number of hydrogen-bond acceptors (Lipinski definition) is 3. The molecule has 1 unspecified atom stereocenters. The monoisotopic (exact) mass is 191 g/mol. The first-order valence-electron chi connectivity index (χ1n) is 4.65. The van der Waals surface area contributed by atoms with Crippen molar-refractivity contribution in [3.05, 3.63) is 36.4 Å². The van der Waals surface area contributed by atoms with E-state index in [-0.39, 0.29) is 6.10 Å². The molecule has 0 fully saturated rings. The predicted molar refractivity (Wildman–Crippen MR) is 54.5 cm³/mol. The molecule has 0 aliphatic carbocycles. The number of rotatable bonds is 2. The molecule has 1 aromatic rings. The lowest BCUT2D eigenvalue weighted by Gasteiger charge is -2.24. The fourth-order valence-electron chi connectivity index (χ4n) is 1.36. The van der Waals surface area contributed by atoms with Crippen LogP contribution < -0.4 is 15.2 Å². The zero-order chi connectivity index (χ0) is 9.80. The summed E-state index contributed by atoms with van der Waals surface area (Å²) in [6, 6.07) is 7.66. The average Bonchev–Trinajstić information content (AvgIpc) is 2.26. The average molecular weight is 191 g/mol. The van der Waals surface area contributed by atoms with Crippen LogP contribution in [0.4, 0.5) is 0 Å². The second-order valence-electron chi connectivity index (χ2n) is 3.08. The molecule has 1 aromatic carbocycles. The van der Waals surface area contributed by atoms with E-state index in [1.165, 1.54) is 0 Å². The van der Waals surface area contributed by atoms with E-state index in [9.17, 15) is 0 Å². The molecule has 0 amide bonds. The second-order valence-corrected chi connectivity index (χ2v) is 3.08. The van der Waals surface area contributed by atoms with Crippen molar-refractivity contribution in [2.75, 3.05) is 13.2 Å². The van der Waals surface area contributed by atoms with E-state index < -0.39 is 0 Å². The summed E-state index contributed by atoms with van der Waals surface area (Å²) < 4.78 is 11.2. The number of nitrogens with two attached hydrogens (primary N) is 1. The lowest BCUT2D eigenvalue weighted by Crippen LogP contribution is -2.27. The van der Waals surface area contributed by atoms with Crippen molar-refractivity contribution < 1.29 is 9.47 Å². The Labute approximate surface area is 83.1 Å². The Balaban J connectivity index is 2.09. The molecule has 0 saturated carbocycles. The van der Waals surface area contributed by atoms with Crippen LogP contribution >= 0.6 is 0 Å². The van der Waals surface area contributed by atoms with Crippen LogP contribution in [-0.2, 0) is 0 Å². The molecule has 1 atom stereocenters. The van der Waals surface area contributed by atoms with Crippen molar-refractivity contribution in [1.82, 2.24) is 0 Å². The topological polar surface area (TPSA) is 44.5 Å². The minimum absolute atomic E-state index is 0.0200. The summed E-state index contributed by atoms with van der Waals surface area (Å²) in [5, 5.41) is 0. The molecule has 14 heavy (non-hydrogen) atoms. The van der Waals surface area contributed by atoms with Crippen LogP contribution in [0.5, 0.6) is 11.5 Å². The van der Waals surface area contributed by atoms with Crippen LogP contribution in [-0.4, -0.2) is 19.3 Å². The van der Waals surface area contributed by atoms with Crippen LogP contribution in [0, 0.1) is 0 Å². The first kappa shape index (κ1) is 9.09. The molecule has 74 valence electrons. The van der Waals surface area contributed by atoms with Gasteiger partial charge < -0.3 is 15.2 Å². The van der Waals surface area contributed by atoms with E-state index in [0.717, 1.165) is 11.5 Å². The highest BCUT2D eigenvalue weighted by Crippen LogP contribution is 2.30. The Kier molecular flexibility index (Phi) is 2.70. The van der Waals surface area contributed by atoms with Crippen LogP contribution in [0.15, 0.2) is 36.4 Å². The minimum Gasteiger partial charge on any atom is -0.485 e. The van der Waals surface area contributed by atoms with Gasteiger partial charge in [0.05, 0.1) is 0 Å². The summed E-state index contributed by atoms with van der Waals surface area (Å²) in [7, 11) is 0. The van der Waals surface area contributed by atoms with Gasteiger partial charge in [0.25, 0.3) is 0 Å². The SMILES string of the molecule is NC/C=C/C1COc2ccccc2O1. The Hall–Kier alpha value is -1.48. The van der Waals surface area contributed by atoms with Gasteiger partial charge in [-0.15, -0.1) is 0 Å². The molecule has 0 aromatic heterocycles. The smallest absolute Gasteiger partial charge is 0.162 e. The first-order chi connectivity index (χ1) is 6.90. The summed E-state index contributed by atoms with van der Waals surface area (Å²) >= 11 is 0. The van der Waals surface area contributed by atoms with Crippen molar-refractivity contribution in [2.45, 2.75) is 6.10 Å².